The normalized spacial score (nSPS) is 18.6. The van der Waals surface area contributed by atoms with Gasteiger partial charge in [0, 0.05) is 25.2 Å². The van der Waals surface area contributed by atoms with E-state index >= 15 is 0 Å². The molecule has 1 aliphatic rings. The van der Waals surface area contributed by atoms with Crippen LogP contribution in [-0.2, 0) is 0 Å². The molecule has 0 aromatic carbocycles. The lowest BCUT2D eigenvalue weighted by Crippen LogP contribution is -2.39. The van der Waals surface area contributed by atoms with E-state index in [9.17, 15) is 0 Å². The number of rotatable bonds is 6. The fourth-order valence-electron chi connectivity index (χ4n) is 2.32. The van der Waals surface area contributed by atoms with Crippen LogP contribution in [0.4, 0.5) is 0 Å². The molecule has 0 aromatic rings. The summed E-state index contributed by atoms with van der Waals surface area (Å²) in [6, 6.07) is 1.51. The maximum Gasteiger partial charge on any atom is 0.0110 e. The van der Waals surface area contributed by atoms with E-state index < -0.39 is 0 Å². The van der Waals surface area contributed by atoms with Crippen molar-refractivity contribution in [3.63, 3.8) is 0 Å². The molecule has 1 fully saturated rings. The van der Waals surface area contributed by atoms with Crippen LogP contribution >= 0.6 is 0 Å². The Kier molecular flexibility index (Phi) is 5.49. The molecule has 0 saturated heterocycles. The number of hydrogen-bond acceptors (Lipinski definition) is 2. The summed E-state index contributed by atoms with van der Waals surface area (Å²) < 4.78 is 0. The molecular weight excluding hydrogens is 172 g/mol. The molecule has 1 rings (SSSR count). The van der Waals surface area contributed by atoms with Crippen molar-refractivity contribution in [1.29, 1.82) is 0 Å². The molecule has 0 spiro atoms. The van der Waals surface area contributed by atoms with Gasteiger partial charge in [0.1, 0.15) is 0 Å². The van der Waals surface area contributed by atoms with Crippen LogP contribution in [0.2, 0.25) is 0 Å². The van der Waals surface area contributed by atoms with Crippen LogP contribution in [0, 0.1) is 0 Å². The van der Waals surface area contributed by atoms with E-state index in [1.165, 1.54) is 38.8 Å². The molecule has 0 atom stereocenters. The number of likely N-dealkylation sites (N-methyl/N-ethyl adjacent to an activating group) is 1. The van der Waals surface area contributed by atoms with Gasteiger partial charge in [-0.05, 0) is 33.2 Å². The van der Waals surface area contributed by atoms with Crippen molar-refractivity contribution in [2.75, 3.05) is 19.6 Å². The minimum Gasteiger partial charge on any atom is -0.313 e. The highest BCUT2D eigenvalue weighted by Crippen LogP contribution is 2.17. The fourth-order valence-corrected chi connectivity index (χ4v) is 2.32. The molecule has 0 aromatic heterocycles. The summed E-state index contributed by atoms with van der Waals surface area (Å²) in [6.07, 6.45) is 5.65. The summed E-state index contributed by atoms with van der Waals surface area (Å²) in [7, 11) is 0. The van der Waals surface area contributed by atoms with Crippen molar-refractivity contribution in [2.24, 2.45) is 0 Å². The van der Waals surface area contributed by atoms with Crippen LogP contribution in [0.1, 0.15) is 46.5 Å². The van der Waals surface area contributed by atoms with Gasteiger partial charge < -0.3 is 5.32 Å². The topological polar surface area (TPSA) is 15.3 Å². The Bertz CT molecular complexity index is 139. The lowest BCUT2D eigenvalue weighted by Gasteiger charge is -2.25. The first kappa shape index (κ1) is 12.0. The minimum atomic E-state index is 0.686. The molecular formula is C12H26N2. The zero-order chi connectivity index (χ0) is 10.4. The summed E-state index contributed by atoms with van der Waals surface area (Å²) in [6.45, 7) is 10.3. The Morgan fingerprint density at radius 2 is 1.93 bits per heavy atom. The molecule has 1 N–H and O–H groups in total. The van der Waals surface area contributed by atoms with Gasteiger partial charge >= 0.3 is 0 Å². The highest BCUT2D eigenvalue weighted by Gasteiger charge is 2.14. The van der Waals surface area contributed by atoms with Crippen molar-refractivity contribution in [3.05, 3.63) is 0 Å². The summed E-state index contributed by atoms with van der Waals surface area (Å²) >= 11 is 0. The van der Waals surface area contributed by atoms with Crippen molar-refractivity contribution in [3.8, 4) is 0 Å². The third-order valence-electron chi connectivity index (χ3n) is 3.32. The summed E-state index contributed by atoms with van der Waals surface area (Å²) in [5.74, 6) is 0. The first-order chi connectivity index (χ1) is 6.74. The third kappa shape index (κ3) is 3.97. The Balaban J connectivity index is 2.06. The van der Waals surface area contributed by atoms with Crippen molar-refractivity contribution in [2.45, 2.75) is 58.5 Å². The van der Waals surface area contributed by atoms with Crippen LogP contribution in [0.5, 0.6) is 0 Å². The van der Waals surface area contributed by atoms with Gasteiger partial charge in [0.25, 0.3) is 0 Å². The second-order valence-corrected chi connectivity index (χ2v) is 4.66. The molecule has 1 saturated carbocycles. The SMILES string of the molecule is CCN(CCNC1CCCC1)C(C)C. The fraction of sp³-hybridized carbons (Fsp3) is 1.00. The quantitative estimate of drug-likeness (QED) is 0.704. The lowest BCUT2D eigenvalue weighted by molar-refractivity contribution is 0.230. The molecule has 0 radical (unpaired) electrons. The largest absolute Gasteiger partial charge is 0.313 e. The summed E-state index contributed by atoms with van der Waals surface area (Å²) in [5.41, 5.74) is 0. The molecule has 0 heterocycles. The summed E-state index contributed by atoms with van der Waals surface area (Å²) in [4.78, 5) is 2.52. The van der Waals surface area contributed by atoms with E-state index in [2.05, 4.69) is 31.0 Å². The van der Waals surface area contributed by atoms with Crippen LogP contribution in [0.15, 0.2) is 0 Å². The molecule has 84 valence electrons. The molecule has 2 heteroatoms. The maximum atomic E-state index is 3.66. The second kappa shape index (κ2) is 6.41. The molecule has 0 aliphatic heterocycles. The first-order valence-corrected chi connectivity index (χ1v) is 6.21. The number of hydrogen-bond donors (Lipinski definition) is 1. The van der Waals surface area contributed by atoms with E-state index in [-0.39, 0.29) is 0 Å². The summed E-state index contributed by atoms with van der Waals surface area (Å²) in [5, 5.41) is 3.66. The van der Waals surface area contributed by atoms with Gasteiger partial charge in [-0.25, -0.2) is 0 Å². The molecule has 1 aliphatic carbocycles. The number of nitrogens with one attached hydrogen (secondary N) is 1. The number of nitrogens with zero attached hydrogens (tertiary/aromatic N) is 1. The monoisotopic (exact) mass is 198 g/mol. The van der Waals surface area contributed by atoms with E-state index in [0.717, 1.165) is 12.6 Å². The van der Waals surface area contributed by atoms with Crippen LogP contribution in [0.3, 0.4) is 0 Å². The van der Waals surface area contributed by atoms with Gasteiger partial charge in [0.2, 0.25) is 0 Å². The molecule has 0 amide bonds. The predicted molar refractivity (Wildman–Crippen MR) is 62.6 cm³/mol. The maximum absolute atomic E-state index is 3.66. The minimum absolute atomic E-state index is 0.686. The smallest absolute Gasteiger partial charge is 0.0110 e. The third-order valence-corrected chi connectivity index (χ3v) is 3.32. The van der Waals surface area contributed by atoms with Crippen LogP contribution < -0.4 is 5.32 Å². The van der Waals surface area contributed by atoms with Crippen molar-refractivity contribution in [1.82, 2.24) is 10.2 Å². The van der Waals surface area contributed by atoms with Gasteiger partial charge in [0.05, 0.1) is 0 Å². The molecule has 0 unspecified atom stereocenters. The van der Waals surface area contributed by atoms with Gasteiger partial charge in [-0.15, -0.1) is 0 Å². The van der Waals surface area contributed by atoms with Crippen LogP contribution in [0.25, 0.3) is 0 Å². The highest BCUT2D eigenvalue weighted by molar-refractivity contribution is 4.74. The first-order valence-electron chi connectivity index (χ1n) is 6.21. The Morgan fingerprint density at radius 3 is 2.43 bits per heavy atom. The van der Waals surface area contributed by atoms with Crippen molar-refractivity contribution >= 4 is 0 Å². The second-order valence-electron chi connectivity index (χ2n) is 4.66. The van der Waals surface area contributed by atoms with E-state index in [1.807, 2.05) is 0 Å². The predicted octanol–water partition coefficient (Wildman–Crippen LogP) is 2.25. The van der Waals surface area contributed by atoms with E-state index in [4.69, 9.17) is 0 Å². The van der Waals surface area contributed by atoms with Gasteiger partial charge in [-0.3, -0.25) is 4.90 Å². The molecule has 2 nitrogen and oxygen atoms in total. The molecule has 0 bridgehead atoms. The lowest BCUT2D eigenvalue weighted by atomic mass is 10.2. The zero-order valence-corrected chi connectivity index (χ0v) is 10.1. The van der Waals surface area contributed by atoms with Crippen LogP contribution in [-0.4, -0.2) is 36.6 Å². The average molecular weight is 198 g/mol. The average Bonchev–Trinajstić information content (AvgIpc) is 2.64. The zero-order valence-electron chi connectivity index (χ0n) is 10.1. The van der Waals surface area contributed by atoms with E-state index in [1.54, 1.807) is 0 Å². The Hall–Kier alpha value is -0.0800. The van der Waals surface area contributed by atoms with Gasteiger partial charge in [0.15, 0.2) is 0 Å². The Labute approximate surface area is 89.1 Å². The van der Waals surface area contributed by atoms with Gasteiger partial charge in [-0.1, -0.05) is 19.8 Å². The highest BCUT2D eigenvalue weighted by atomic mass is 15.2. The van der Waals surface area contributed by atoms with Crippen molar-refractivity contribution < 1.29 is 0 Å². The standard InChI is InChI=1S/C12H26N2/c1-4-14(11(2)3)10-9-13-12-7-5-6-8-12/h11-13H,4-10H2,1-3H3. The molecule has 14 heavy (non-hydrogen) atoms. The van der Waals surface area contributed by atoms with E-state index in [0.29, 0.717) is 6.04 Å². The van der Waals surface area contributed by atoms with Gasteiger partial charge in [-0.2, -0.15) is 0 Å². The Morgan fingerprint density at radius 1 is 1.29 bits per heavy atom.